The number of nitrogens with one attached hydrogen (secondary N) is 11. The number of carboxylic acid groups (broad SMARTS) is 1. The van der Waals surface area contributed by atoms with Crippen LogP contribution in [0, 0.1) is 0 Å². The predicted molar refractivity (Wildman–Crippen MR) is 402 cm³/mol. The van der Waals surface area contributed by atoms with Crippen LogP contribution in [0.3, 0.4) is 0 Å². The Kier molecular flexibility index (Phi) is 33.0. The molecule has 2 heterocycles. The topological polar surface area (TPSA) is 460 Å². The van der Waals surface area contributed by atoms with Gasteiger partial charge in [0.1, 0.15) is 60.4 Å². The molecule has 13 atom stereocenters. The zero-order valence-electron chi connectivity index (χ0n) is 59.8. The van der Waals surface area contributed by atoms with Gasteiger partial charge in [-0.15, -0.1) is 0 Å². The van der Waals surface area contributed by atoms with Crippen LogP contribution >= 0.6 is 21.6 Å². The Labute approximate surface area is 623 Å². The average molecular weight is 1500 g/mol. The maximum atomic E-state index is 15.5. The Morgan fingerprint density at radius 2 is 0.877 bits per heavy atom. The highest BCUT2D eigenvalue weighted by Gasteiger charge is 2.40. The molecule has 13 unspecified atom stereocenters. The number of fused-ring (bicyclic) bond motifs is 1. The van der Waals surface area contributed by atoms with E-state index in [9.17, 15) is 54.0 Å². The number of hydrogen-bond donors (Lipinski definition) is 17. The van der Waals surface area contributed by atoms with Crippen LogP contribution < -0.4 is 64.6 Å². The molecule has 5 aromatic carbocycles. The number of rotatable bonds is 21. The highest BCUT2D eigenvalue weighted by atomic mass is 33.1. The lowest BCUT2D eigenvalue weighted by atomic mass is 9.99. The van der Waals surface area contributed by atoms with Crippen molar-refractivity contribution in [3.05, 3.63) is 179 Å². The molecule has 1 aliphatic heterocycles. The van der Waals surface area contributed by atoms with Crippen LogP contribution in [0.2, 0.25) is 0 Å². The van der Waals surface area contributed by atoms with Crippen molar-refractivity contribution < 1.29 is 73.2 Å². The number of amides is 10. The number of aliphatic hydroxyl groups is 3. The van der Waals surface area contributed by atoms with Crippen LogP contribution in [0.1, 0.15) is 80.3 Å². The molecular formula is C75H98N14O15S2. The third kappa shape index (κ3) is 25.5. The lowest BCUT2D eigenvalue weighted by molar-refractivity contribution is -0.149. The van der Waals surface area contributed by atoms with Crippen molar-refractivity contribution in [2.75, 3.05) is 31.7 Å². The summed E-state index contributed by atoms with van der Waals surface area (Å²) in [6.45, 7) is 5.94. The molecule has 19 N–H and O–H groups in total. The minimum atomic E-state index is -1.91. The molecule has 10 amide bonds. The van der Waals surface area contributed by atoms with Gasteiger partial charge in [0.15, 0.2) is 0 Å². The SMILES string of the molecule is CC(C)NCc1ccc(CC2NC(=O)C(Cc3c[nH]c4ccccc34)NC(=O)C(Cc3ccccc3)NC(=O)C(Cc3ccccc3)NC(=O)C(CCCCN)NC(=O)C(N)CSSCC(C(=O)O)N(C)C(=O)C(CO)NC(=O)C(C(C)O)NC(=O)C(Cc3ccccc3)NC(=O)C(C(C)O)NC2=O)cc1. The van der Waals surface area contributed by atoms with Crippen LogP contribution in [0.4, 0.5) is 0 Å². The molecule has 1 saturated heterocycles. The Balaban J connectivity index is 1.32. The molecule has 0 spiro atoms. The second-order valence-corrected chi connectivity index (χ2v) is 29.1. The summed E-state index contributed by atoms with van der Waals surface area (Å²) in [5, 5.41) is 71.4. The summed E-state index contributed by atoms with van der Waals surface area (Å²) in [7, 11) is 2.99. The van der Waals surface area contributed by atoms with Gasteiger partial charge in [0.2, 0.25) is 59.1 Å². The Hall–Kier alpha value is -9.73. The number of likely N-dealkylation sites (N-methyl/N-ethyl adjacent to an activating group) is 1. The number of carbonyl (C=O) groups excluding carboxylic acids is 10. The first kappa shape index (κ1) is 83.5. The minimum absolute atomic E-state index is 0.0306. The number of para-hydroxylation sites is 1. The lowest BCUT2D eigenvalue weighted by Crippen LogP contribution is -2.63. The van der Waals surface area contributed by atoms with E-state index >= 15 is 19.2 Å². The van der Waals surface area contributed by atoms with Crippen molar-refractivity contribution in [1.82, 2.24) is 63.1 Å². The third-order valence-electron chi connectivity index (χ3n) is 17.8. The van der Waals surface area contributed by atoms with Crippen molar-refractivity contribution in [2.24, 2.45) is 11.5 Å². The molecule has 31 heteroatoms. The molecule has 29 nitrogen and oxygen atoms in total. The first-order chi connectivity index (χ1) is 50.7. The fraction of sp³-hybridized carbons (Fsp3) is 0.427. The number of carbonyl (C=O) groups is 11. The standard InChI is InChI=1S/C75H98N14O15S2/c1-43(2)78-38-50-30-28-49(29-31-50)36-58-70(98)87-63(44(3)91)72(100)85-59(35-48-23-13-8-14-24-48)71(99)88-64(45(4)92)73(101)86-61(40-90)74(102)89(5)62(75(103)104)42-106-105-41-53(77)65(93)80-55(27-17-18-32-76)66(94)81-56(33-46-19-9-6-10-20-46)67(95)82-57(34-47-21-11-7-12-22-47)68(96)84-60(69(97)83-58)37-51-39-79-54-26-16-15-25-52(51)54/h6-16,19-26,28-31,39,43-45,53,55-64,78-79,90-92H,17-18,27,32-38,40-42,76-77H2,1-5H3,(H,80,93)(H,81,94)(H,82,95)(H,83,97)(H,84,96)(H,85,100)(H,86,101)(H,87,98)(H,88,99)(H,103,104). The maximum Gasteiger partial charge on any atom is 0.327 e. The van der Waals surface area contributed by atoms with E-state index in [1.165, 1.54) is 6.92 Å². The average Bonchev–Trinajstić information content (AvgIpc) is 1.54. The van der Waals surface area contributed by atoms with E-state index in [1.54, 1.807) is 121 Å². The van der Waals surface area contributed by atoms with Gasteiger partial charge in [-0.2, -0.15) is 0 Å². The van der Waals surface area contributed by atoms with Crippen LogP contribution in [0.25, 0.3) is 10.9 Å². The molecule has 6 aromatic rings. The highest BCUT2D eigenvalue weighted by Crippen LogP contribution is 2.25. The summed E-state index contributed by atoms with van der Waals surface area (Å²) < 4.78 is 0. The van der Waals surface area contributed by atoms with Crippen molar-refractivity contribution in [1.29, 1.82) is 0 Å². The number of aromatic amines is 1. The molecule has 0 aliphatic carbocycles. The number of unbranched alkanes of at least 4 members (excludes halogenated alkanes) is 1. The summed E-state index contributed by atoms with van der Waals surface area (Å²) >= 11 is 0. The van der Waals surface area contributed by atoms with Gasteiger partial charge in [0.05, 0.1) is 24.9 Å². The largest absolute Gasteiger partial charge is 0.480 e. The second-order valence-electron chi connectivity index (χ2n) is 26.5. The Morgan fingerprint density at radius 3 is 1.32 bits per heavy atom. The molecule has 570 valence electrons. The second kappa shape index (κ2) is 41.8. The lowest BCUT2D eigenvalue weighted by Gasteiger charge is -2.30. The molecule has 0 bridgehead atoms. The monoisotopic (exact) mass is 1500 g/mol. The van der Waals surface area contributed by atoms with Gasteiger partial charge in [-0.3, -0.25) is 47.9 Å². The minimum Gasteiger partial charge on any atom is -0.480 e. The summed E-state index contributed by atoms with van der Waals surface area (Å²) in [4.78, 5) is 164. The van der Waals surface area contributed by atoms with E-state index in [2.05, 4.69) is 58.2 Å². The van der Waals surface area contributed by atoms with Gasteiger partial charge < -0.3 is 94.9 Å². The fourth-order valence-corrected chi connectivity index (χ4v) is 14.1. The quantitative estimate of drug-likeness (QED) is 0.0335. The van der Waals surface area contributed by atoms with Crippen LogP contribution in [0.5, 0.6) is 0 Å². The first-order valence-electron chi connectivity index (χ1n) is 35.1. The van der Waals surface area contributed by atoms with Gasteiger partial charge in [0, 0.05) is 80.3 Å². The first-order valence-corrected chi connectivity index (χ1v) is 37.6. The summed E-state index contributed by atoms with van der Waals surface area (Å²) in [5.74, 6) is -11.8. The molecule has 106 heavy (non-hydrogen) atoms. The molecule has 0 saturated carbocycles. The highest BCUT2D eigenvalue weighted by molar-refractivity contribution is 8.76. The van der Waals surface area contributed by atoms with Gasteiger partial charge >= 0.3 is 5.97 Å². The van der Waals surface area contributed by atoms with Gasteiger partial charge in [-0.1, -0.05) is 169 Å². The van der Waals surface area contributed by atoms with Crippen molar-refractivity contribution in [2.45, 2.75) is 170 Å². The van der Waals surface area contributed by atoms with Crippen LogP contribution in [-0.4, -0.2) is 212 Å². The Bertz CT molecular complexity index is 3920. The number of carboxylic acids is 1. The molecule has 0 radical (unpaired) electrons. The number of aliphatic carboxylic acids is 1. The summed E-state index contributed by atoms with van der Waals surface area (Å²) in [6.07, 6.45) is -2.02. The van der Waals surface area contributed by atoms with E-state index in [0.29, 0.717) is 58.1 Å². The van der Waals surface area contributed by atoms with Crippen LogP contribution in [-0.2, 0) is 91.4 Å². The van der Waals surface area contributed by atoms with E-state index < -0.39 is 150 Å². The van der Waals surface area contributed by atoms with E-state index in [0.717, 1.165) is 46.0 Å². The van der Waals surface area contributed by atoms with Gasteiger partial charge in [0.25, 0.3) is 0 Å². The predicted octanol–water partition coefficient (Wildman–Crippen LogP) is 0.0592. The smallest absolute Gasteiger partial charge is 0.327 e. The molecule has 7 rings (SSSR count). The molecule has 1 aromatic heterocycles. The number of aromatic nitrogens is 1. The summed E-state index contributed by atoms with van der Waals surface area (Å²) in [5.41, 5.74) is 16.6. The zero-order chi connectivity index (χ0) is 77.0. The number of benzene rings is 5. The summed E-state index contributed by atoms with van der Waals surface area (Å²) in [6, 6.07) is 22.5. The van der Waals surface area contributed by atoms with Crippen LogP contribution in [0.15, 0.2) is 146 Å². The van der Waals surface area contributed by atoms with Gasteiger partial charge in [-0.05, 0) is 79.1 Å². The number of nitrogens with zero attached hydrogens (tertiary/aromatic N) is 1. The maximum absolute atomic E-state index is 15.5. The zero-order valence-corrected chi connectivity index (χ0v) is 61.5. The number of hydrogen-bond acceptors (Lipinski definition) is 19. The van der Waals surface area contributed by atoms with Crippen molar-refractivity contribution in [3.8, 4) is 0 Å². The fourth-order valence-electron chi connectivity index (χ4n) is 11.7. The molecule has 1 fully saturated rings. The Morgan fingerprint density at radius 1 is 0.491 bits per heavy atom. The van der Waals surface area contributed by atoms with E-state index in [1.807, 2.05) is 38.1 Å². The third-order valence-corrected chi connectivity index (χ3v) is 20.2. The molecule has 1 aliphatic rings. The normalized spacial score (nSPS) is 23.8. The van der Waals surface area contributed by atoms with E-state index in [4.69, 9.17) is 11.5 Å². The van der Waals surface area contributed by atoms with Crippen molar-refractivity contribution >= 4 is 97.5 Å². The van der Waals surface area contributed by atoms with Crippen molar-refractivity contribution in [3.63, 3.8) is 0 Å². The number of nitrogens with two attached hydrogens (primary N) is 2. The number of aliphatic hydroxyl groups excluding tert-OH is 3. The van der Waals surface area contributed by atoms with E-state index in [-0.39, 0.29) is 62.6 Å². The van der Waals surface area contributed by atoms with Gasteiger partial charge in [-0.25, -0.2) is 4.79 Å². The molecular weight excluding hydrogens is 1400 g/mol. The number of H-pyrrole nitrogens is 1.